The Morgan fingerprint density at radius 3 is 2.50 bits per heavy atom. The molecule has 0 heterocycles. The molecule has 20 heavy (non-hydrogen) atoms. The minimum atomic E-state index is -1.11. The molecule has 6 heteroatoms. The van der Waals surface area contributed by atoms with Crippen molar-refractivity contribution in [3.63, 3.8) is 0 Å². The van der Waals surface area contributed by atoms with E-state index in [0.29, 0.717) is 12.5 Å². The van der Waals surface area contributed by atoms with Gasteiger partial charge in [0.15, 0.2) is 0 Å². The maximum Gasteiger partial charge on any atom is 0.337 e. The number of carboxylic acid groups (broad SMARTS) is 1. The molecule has 0 aliphatic rings. The summed E-state index contributed by atoms with van der Waals surface area (Å²) < 4.78 is 0. The first kappa shape index (κ1) is 15.9. The molecule has 0 saturated carbocycles. The number of benzene rings is 1. The summed E-state index contributed by atoms with van der Waals surface area (Å²) >= 11 is 0. The number of carboxylic acids is 1. The molecule has 2 N–H and O–H groups in total. The fourth-order valence-electron chi connectivity index (χ4n) is 1.51. The molecule has 0 aromatic heterocycles. The zero-order valence-electron chi connectivity index (χ0n) is 12.1. The van der Waals surface area contributed by atoms with Crippen LogP contribution in [-0.4, -0.2) is 22.5 Å². The van der Waals surface area contributed by atoms with Gasteiger partial charge in [-0.15, -0.1) is 0 Å². The van der Waals surface area contributed by atoms with E-state index < -0.39 is 10.9 Å². The van der Waals surface area contributed by atoms with E-state index in [0.717, 1.165) is 0 Å². The van der Waals surface area contributed by atoms with Crippen LogP contribution in [0.15, 0.2) is 18.2 Å². The predicted molar refractivity (Wildman–Crippen MR) is 77.2 cm³/mol. The van der Waals surface area contributed by atoms with Crippen LogP contribution in [0.2, 0.25) is 0 Å². The van der Waals surface area contributed by atoms with Crippen LogP contribution in [0.3, 0.4) is 0 Å². The highest BCUT2D eigenvalue weighted by atomic mass is 16.6. The first-order valence-electron chi connectivity index (χ1n) is 6.41. The Kier molecular flexibility index (Phi) is 4.70. The van der Waals surface area contributed by atoms with Crippen molar-refractivity contribution in [2.24, 2.45) is 11.3 Å². The SMILES string of the molecule is CC(C)C(C)(C)CNc1cc([N+](=O)[O-])ccc1C(=O)O. The topological polar surface area (TPSA) is 92.5 Å². The second-order valence-corrected chi connectivity index (χ2v) is 5.79. The number of hydrogen-bond acceptors (Lipinski definition) is 4. The number of nitrogens with one attached hydrogen (secondary N) is 1. The van der Waals surface area contributed by atoms with Crippen molar-refractivity contribution in [2.45, 2.75) is 27.7 Å². The van der Waals surface area contributed by atoms with Gasteiger partial charge in [0, 0.05) is 18.7 Å². The fourth-order valence-corrected chi connectivity index (χ4v) is 1.51. The molecular formula is C14H20N2O4. The van der Waals surface area contributed by atoms with Gasteiger partial charge >= 0.3 is 5.97 Å². The fraction of sp³-hybridized carbons (Fsp3) is 0.500. The quantitative estimate of drug-likeness (QED) is 0.615. The number of carbonyl (C=O) groups is 1. The molecule has 1 rings (SSSR count). The lowest BCUT2D eigenvalue weighted by molar-refractivity contribution is -0.384. The lowest BCUT2D eigenvalue weighted by Crippen LogP contribution is -2.29. The summed E-state index contributed by atoms with van der Waals surface area (Å²) in [5, 5.41) is 22.9. The Labute approximate surface area is 118 Å². The molecule has 0 aliphatic heterocycles. The number of aromatic carboxylic acids is 1. The molecule has 0 unspecified atom stereocenters. The second-order valence-electron chi connectivity index (χ2n) is 5.79. The van der Waals surface area contributed by atoms with Gasteiger partial charge in [0.25, 0.3) is 5.69 Å². The molecule has 1 aromatic rings. The number of non-ortho nitro benzene ring substituents is 1. The molecule has 0 aliphatic carbocycles. The van der Waals surface area contributed by atoms with Gasteiger partial charge in [-0.25, -0.2) is 4.79 Å². The maximum atomic E-state index is 11.2. The first-order valence-corrected chi connectivity index (χ1v) is 6.41. The van der Waals surface area contributed by atoms with Crippen LogP contribution in [0.5, 0.6) is 0 Å². The number of hydrogen-bond donors (Lipinski definition) is 2. The van der Waals surface area contributed by atoms with E-state index in [4.69, 9.17) is 5.11 Å². The van der Waals surface area contributed by atoms with Crippen molar-refractivity contribution in [3.05, 3.63) is 33.9 Å². The second kappa shape index (κ2) is 5.90. The average Bonchev–Trinajstić information content (AvgIpc) is 2.35. The molecule has 6 nitrogen and oxygen atoms in total. The standard InChI is InChI=1S/C14H20N2O4/c1-9(2)14(3,4)8-15-12-7-10(16(19)20)5-6-11(12)13(17)18/h5-7,9,15H,8H2,1-4H3,(H,17,18). The Bertz CT molecular complexity index is 524. The Balaban J connectivity index is 3.05. The van der Waals surface area contributed by atoms with Crippen molar-refractivity contribution in [2.75, 3.05) is 11.9 Å². The third-order valence-electron chi connectivity index (χ3n) is 3.74. The van der Waals surface area contributed by atoms with Gasteiger partial charge in [-0.1, -0.05) is 27.7 Å². The number of nitro benzene ring substituents is 1. The van der Waals surface area contributed by atoms with Gasteiger partial charge in [0.05, 0.1) is 16.2 Å². The van der Waals surface area contributed by atoms with E-state index in [1.165, 1.54) is 18.2 Å². The zero-order chi connectivity index (χ0) is 15.5. The van der Waals surface area contributed by atoms with Crippen LogP contribution in [0, 0.1) is 21.4 Å². The van der Waals surface area contributed by atoms with Gasteiger partial charge in [-0.05, 0) is 17.4 Å². The predicted octanol–water partition coefficient (Wildman–Crippen LogP) is 3.39. The monoisotopic (exact) mass is 280 g/mol. The van der Waals surface area contributed by atoms with Crippen molar-refractivity contribution in [1.29, 1.82) is 0 Å². The number of rotatable bonds is 6. The summed E-state index contributed by atoms with van der Waals surface area (Å²) in [5.74, 6) is -0.716. The number of anilines is 1. The molecule has 0 atom stereocenters. The van der Waals surface area contributed by atoms with E-state index in [2.05, 4.69) is 33.0 Å². The van der Waals surface area contributed by atoms with Crippen LogP contribution >= 0.6 is 0 Å². The summed E-state index contributed by atoms with van der Waals surface area (Å²) in [4.78, 5) is 21.4. The normalized spacial score (nSPS) is 11.4. The van der Waals surface area contributed by atoms with Crippen LogP contribution < -0.4 is 5.32 Å². The zero-order valence-corrected chi connectivity index (χ0v) is 12.1. The average molecular weight is 280 g/mol. The third kappa shape index (κ3) is 3.69. The molecule has 110 valence electrons. The number of nitro groups is 1. The minimum absolute atomic E-state index is 0.0372. The van der Waals surface area contributed by atoms with Gasteiger partial charge < -0.3 is 10.4 Å². The molecule has 0 amide bonds. The third-order valence-corrected chi connectivity index (χ3v) is 3.74. The minimum Gasteiger partial charge on any atom is -0.478 e. The summed E-state index contributed by atoms with van der Waals surface area (Å²) in [5.41, 5.74) is 0.135. The summed E-state index contributed by atoms with van der Waals surface area (Å²) in [6.45, 7) is 8.80. The lowest BCUT2D eigenvalue weighted by Gasteiger charge is -2.30. The highest BCUT2D eigenvalue weighted by Crippen LogP contribution is 2.28. The van der Waals surface area contributed by atoms with Crippen molar-refractivity contribution in [3.8, 4) is 0 Å². The smallest absolute Gasteiger partial charge is 0.337 e. The van der Waals surface area contributed by atoms with Crippen molar-refractivity contribution in [1.82, 2.24) is 0 Å². The van der Waals surface area contributed by atoms with Gasteiger partial charge in [0.1, 0.15) is 0 Å². The Hall–Kier alpha value is -2.11. The molecule has 0 saturated heterocycles. The summed E-state index contributed by atoms with van der Waals surface area (Å²) in [7, 11) is 0. The van der Waals surface area contributed by atoms with Crippen molar-refractivity contribution < 1.29 is 14.8 Å². The van der Waals surface area contributed by atoms with Crippen LogP contribution in [0.25, 0.3) is 0 Å². The van der Waals surface area contributed by atoms with E-state index in [9.17, 15) is 14.9 Å². The first-order chi connectivity index (χ1) is 9.15. The molecule has 0 bridgehead atoms. The molecular weight excluding hydrogens is 260 g/mol. The Morgan fingerprint density at radius 1 is 1.45 bits per heavy atom. The van der Waals surface area contributed by atoms with E-state index in [1.807, 2.05) is 0 Å². The van der Waals surface area contributed by atoms with Gasteiger partial charge in [-0.3, -0.25) is 10.1 Å². The van der Waals surface area contributed by atoms with Gasteiger partial charge in [-0.2, -0.15) is 0 Å². The lowest BCUT2D eigenvalue weighted by atomic mass is 9.81. The van der Waals surface area contributed by atoms with E-state index >= 15 is 0 Å². The van der Waals surface area contributed by atoms with Crippen LogP contribution in [-0.2, 0) is 0 Å². The highest BCUT2D eigenvalue weighted by molar-refractivity contribution is 5.94. The van der Waals surface area contributed by atoms with E-state index in [1.54, 1.807) is 0 Å². The molecule has 1 aromatic carbocycles. The van der Waals surface area contributed by atoms with Gasteiger partial charge in [0.2, 0.25) is 0 Å². The Morgan fingerprint density at radius 2 is 2.05 bits per heavy atom. The van der Waals surface area contributed by atoms with Crippen molar-refractivity contribution >= 4 is 17.3 Å². The largest absolute Gasteiger partial charge is 0.478 e. The molecule has 0 radical (unpaired) electrons. The maximum absolute atomic E-state index is 11.2. The molecule has 0 spiro atoms. The van der Waals surface area contributed by atoms with Crippen LogP contribution in [0.1, 0.15) is 38.1 Å². The highest BCUT2D eigenvalue weighted by Gasteiger charge is 2.23. The van der Waals surface area contributed by atoms with E-state index in [-0.39, 0.29) is 22.4 Å². The molecule has 0 fully saturated rings. The number of nitrogens with zero attached hydrogens (tertiary/aromatic N) is 1. The summed E-state index contributed by atoms with van der Waals surface area (Å²) in [6.07, 6.45) is 0. The summed E-state index contributed by atoms with van der Waals surface area (Å²) in [6, 6.07) is 3.72. The van der Waals surface area contributed by atoms with Crippen LogP contribution in [0.4, 0.5) is 11.4 Å².